The van der Waals surface area contributed by atoms with Gasteiger partial charge < -0.3 is 9.80 Å². The summed E-state index contributed by atoms with van der Waals surface area (Å²) in [6.45, 7) is 7.47. The highest BCUT2D eigenvalue weighted by Crippen LogP contribution is 2.23. The Morgan fingerprint density at radius 1 is 0.964 bits per heavy atom. The molecule has 28 heavy (non-hydrogen) atoms. The van der Waals surface area contributed by atoms with Gasteiger partial charge in [-0.3, -0.25) is 4.79 Å². The van der Waals surface area contributed by atoms with Gasteiger partial charge in [0.25, 0.3) is 0 Å². The molecule has 0 spiro atoms. The Balaban J connectivity index is 0.000000878. The van der Waals surface area contributed by atoms with Gasteiger partial charge in [0, 0.05) is 20.0 Å². The molecule has 0 bridgehead atoms. The second-order valence-corrected chi connectivity index (χ2v) is 7.63. The van der Waals surface area contributed by atoms with Crippen molar-refractivity contribution in [3.8, 4) is 0 Å². The standard InChI is InChI=1S/C22H28N2O.C3H8/c1-23(22(25)15-14-19-10-4-2-5-11-19)21(18-24-16-8-9-17-24)20-12-6-3-7-13-20;1-3-2/h2-7,10-13,21H,8-9,14-18H2,1H3;3H2,1-2H3/t21-;/m1./s1. The molecular formula is C25H36N2O. The zero-order valence-corrected chi connectivity index (χ0v) is 17.8. The topological polar surface area (TPSA) is 23.6 Å². The minimum atomic E-state index is 0.127. The fraction of sp³-hybridized carbons (Fsp3) is 0.480. The monoisotopic (exact) mass is 380 g/mol. The van der Waals surface area contributed by atoms with Gasteiger partial charge in [-0.15, -0.1) is 0 Å². The van der Waals surface area contributed by atoms with Crippen LogP contribution in [0.2, 0.25) is 0 Å². The minimum Gasteiger partial charge on any atom is -0.337 e. The van der Waals surface area contributed by atoms with Gasteiger partial charge in [-0.2, -0.15) is 0 Å². The van der Waals surface area contributed by atoms with Crippen LogP contribution in [0.3, 0.4) is 0 Å². The van der Waals surface area contributed by atoms with Crippen molar-refractivity contribution < 1.29 is 4.79 Å². The highest BCUT2D eigenvalue weighted by Gasteiger charge is 2.25. The third kappa shape index (κ3) is 7.12. The highest BCUT2D eigenvalue weighted by atomic mass is 16.2. The number of aryl methyl sites for hydroxylation is 1. The molecule has 0 saturated carbocycles. The first kappa shape index (κ1) is 22.2. The Labute approximate surface area is 171 Å². The third-order valence-electron chi connectivity index (χ3n) is 5.15. The van der Waals surface area contributed by atoms with Gasteiger partial charge in [-0.05, 0) is 43.5 Å². The third-order valence-corrected chi connectivity index (χ3v) is 5.15. The summed E-state index contributed by atoms with van der Waals surface area (Å²) in [5.74, 6) is 0.219. The van der Waals surface area contributed by atoms with Crippen LogP contribution in [0, 0.1) is 0 Å². The number of nitrogens with zero attached hydrogens (tertiary/aromatic N) is 2. The average molecular weight is 381 g/mol. The Hall–Kier alpha value is -2.13. The fourth-order valence-electron chi connectivity index (χ4n) is 3.58. The molecular weight excluding hydrogens is 344 g/mol. The van der Waals surface area contributed by atoms with Crippen molar-refractivity contribution in [1.82, 2.24) is 9.80 Å². The molecule has 1 amide bonds. The van der Waals surface area contributed by atoms with E-state index in [0.29, 0.717) is 6.42 Å². The lowest BCUT2D eigenvalue weighted by molar-refractivity contribution is -0.132. The molecule has 1 fully saturated rings. The van der Waals surface area contributed by atoms with Crippen molar-refractivity contribution in [2.75, 3.05) is 26.7 Å². The first-order chi connectivity index (χ1) is 13.7. The van der Waals surface area contributed by atoms with Crippen LogP contribution in [0.5, 0.6) is 0 Å². The number of likely N-dealkylation sites (N-methyl/N-ethyl adjacent to an activating group) is 1. The molecule has 0 unspecified atom stereocenters. The molecule has 0 N–H and O–H groups in total. The van der Waals surface area contributed by atoms with Crippen molar-refractivity contribution in [1.29, 1.82) is 0 Å². The molecule has 1 atom stereocenters. The van der Waals surface area contributed by atoms with E-state index in [2.05, 4.69) is 55.1 Å². The summed E-state index contributed by atoms with van der Waals surface area (Å²) in [5.41, 5.74) is 2.45. The maximum atomic E-state index is 12.8. The molecule has 2 aromatic rings. The summed E-state index contributed by atoms with van der Waals surface area (Å²) in [6.07, 6.45) is 5.15. The molecule has 152 valence electrons. The predicted molar refractivity (Wildman–Crippen MR) is 118 cm³/mol. The summed E-state index contributed by atoms with van der Waals surface area (Å²) in [6, 6.07) is 20.8. The highest BCUT2D eigenvalue weighted by molar-refractivity contribution is 5.76. The van der Waals surface area contributed by atoms with E-state index in [1.165, 1.54) is 30.4 Å². The second-order valence-electron chi connectivity index (χ2n) is 7.63. The predicted octanol–water partition coefficient (Wildman–Crippen LogP) is 5.33. The molecule has 2 aromatic carbocycles. The zero-order chi connectivity index (χ0) is 20.2. The van der Waals surface area contributed by atoms with E-state index in [1.54, 1.807) is 0 Å². The van der Waals surface area contributed by atoms with Gasteiger partial charge in [-0.1, -0.05) is 80.9 Å². The van der Waals surface area contributed by atoms with Crippen LogP contribution >= 0.6 is 0 Å². The van der Waals surface area contributed by atoms with Crippen molar-refractivity contribution in [3.63, 3.8) is 0 Å². The lowest BCUT2D eigenvalue weighted by atomic mass is 10.0. The summed E-state index contributed by atoms with van der Waals surface area (Å²) in [7, 11) is 1.96. The number of rotatable bonds is 7. The number of carbonyl (C=O) groups excluding carboxylic acids is 1. The van der Waals surface area contributed by atoms with E-state index in [-0.39, 0.29) is 11.9 Å². The van der Waals surface area contributed by atoms with Gasteiger partial charge >= 0.3 is 0 Å². The Bertz CT molecular complexity index is 665. The van der Waals surface area contributed by atoms with E-state index in [4.69, 9.17) is 0 Å². The van der Waals surface area contributed by atoms with Crippen molar-refractivity contribution in [2.45, 2.75) is 52.0 Å². The van der Waals surface area contributed by atoms with E-state index in [9.17, 15) is 4.79 Å². The van der Waals surface area contributed by atoms with Crippen LogP contribution in [0.15, 0.2) is 60.7 Å². The van der Waals surface area contributed by atoms with Gasteiger partial charge in [0.05, 0.1) is 6.04 Å². The second kappa shape index (κ2) is 12.4. The van der Waals surface area contributed by atoms with Crippen molar-refractivity contribution >= 4 is 5.91 Å². The fourth-order valence-corrected chi connectivity index (χ4v) is 3.58. The van der Waals surface area contributed by atoms with Gasteiger partial charge in [-0.25, -0.2) is 0 Å². The van der Waals surface area contributed by atoms with Crippen LogP contribution in [-0.2, 0) is 11.2 Å². The SMILES string of the molecule is CCC.CN(C(=O)CCc1ccccc1)[C@H](CN1CCCC1)c1ccccc1. The van der Waals surface area contributed by atoms with Crippen LogP contribution in [-0.4, -0.2) is 42.4 Å². The lowest BCUT2D eigenvalue weighted by Crippen LogP contribution is -2.38. The first-order valence-electron chi connectivity index (χ1n) is 10.7. The van der Waals surface area contributed by atoms with Crippen molar-refractivity contribution in [2.24, 2.45) is 0 Å². The smallest absolute Gasteiger partial charge is 0.223 e. The minimum absolute atomic E-state index is 0.127. The van der Waals surface area contributed by atoms with Crippen LogP contribution in [0.25, 0.3) is 0 Å². The molecule has 0 aromatic heterocycles. The Morgan fingerprint density at radius 2 is 1.50 bits per heavy atom. The lowest BCUT2D eigenvalue weighted by Gasteiger charge is -2.32. The molecule has 1 aliphatic heterocycles. The number of benzene rings is 2. The average Bonchev–Trinajstić information content (AvgIpc) is 3.25. The number of likely N-dealkylation sites (tertiary alicyclic amines) is 1. The summed E-state index contributed by atoms with van der Waals surface area (Å²) in [4.78, 5) is 17.3. The maximum Gasteiger partial charge on any atom is 0.223 e. The quantitative estimate of drug-likeness (QED) is 0.648. The summed E-state index contributed by atoms with van der Waals surface area (Å²) in [5, 5.41) is 0. The van der Waals surface area contributed by atoms with E-state index < -0.39 is 0 Å². The van der Waals surface area contributed by atoms with Gasteiger partial charge in [0.15, 0.2) is 0 Å². The van der Waals surface area contributed by atoms with E-state index in [1.807, 2.05) is 36.2 Å². The van der Waals surface area contributed by atoms with Gasteiger partial charge in [0.1, 0.15) is 0 Å². The maximum absolute atomic E-state index is 12.8. The van der Waals surface area contributed by atoms with E-state index in [0.717, 1.165) is 26.1 Å². The Kier molecular flexibility index (Phi) is 9.78. The molecule has 1 aliphatic rings. The van der Waals surface area contributed by atoms with E-state index >= 15 is 0 Å². The molecule has 3 rings (SSSR count). The van der Waals surface area contributed by atoms with Crippen LogP contribution in [0.1, 0.15) is 56.7 Å². The normalized spacial score (nSPS) is 14.8. The van der Waals surface area contributed by atoms with Gasteiger partial charge in [0.2, 0.25) is 5.91 Å². The molecule has 1 saturated heterocycles. The van der Waals surface area contributed by atoms with Crippen LogP contribution in [0.4, 0.5) is 0 Å². The largest absolute Gasteiger partial charge is 0.337 e. The molecule has 0 radical (unpaired) electrons. The molecule has 3 heteroatoms. The zero-order valence-electron chi connectivity index (χ0n) is 17.8. The summed E-state index contributed by atoms with van der Waals surface area (Å²) < 4.78 is 0. The number of hydrogen-bond donors (Lipinski definition) is 0. The van der Waals surface area contributed by atoms with Crippen LogP contribution < -0.4 is 0 Å². The Morgan fingerprint density at radius 3 is 2.07 bits per heavy atom. The number of hydrogen-bond acceptors (Lipinski definition) is 2. The number of amides is 1. The first-order valence-corrected chi connectivity index (χ1v) is 10.7. The molecule has 1 heterocycles. The molecule has 3 nitrogen and oxygen atoms in total. The summed E-state index contributed by atoms with van der Waals surface area (Å²) >= 11 is 0. The molecule has 0 aliphatic carbocycles. The number of carbonyl (C=O) groups is 1. The van der Waals surface area contributed by atoms with Crippen molar-refractivity contribution in [3.05, 3.63) is 71.8 Å².